The Morgan fingerprint density at radius 2 is 1.78 bits per heavy atom. The standard InChI is InChI=1S/C18H25NO4/c1-14(23-16-11-7-4-8-12-16)18(21)22-13-17(20)19-15-9-5-2-3-6-10-15/h4,7-8,11-12,14-15H,2-3,5-6,9-10,13H2,1H3,(H,19,20)/t14-/m0/s1. The summed E-state index contributed by atoms with van der Waals surface area (Å²) in [6.45, 7) is 1.36. The van der Waals surface area contributed by atoms with E-state index in [1.165, 1.54) is 12.8 Å². The second-order valence-electron chi connectivity index (χ2n) is 5.94. The Labute approximate surface area is 137 Å². The predicted octanol–water partition coefficient (Wildman–Crippen LogP) is 2.84. The minimum atomic E-state index is -0.747. The van der Waals surface area contributed by atoms with Crippen molar-refractivity contribution >= 4 is 11.9 Å². The lowest BCUT2D eigenvalue weighted by Gasteiger charge is -2.17. The number of carbonyl (C=O) groups is 2. The molecule has 1 N–H and O–H groups in total. The minimum Gasteiger partial charge on any atom is -0.479 e. The summed E-state index contributed by atoms with van der Waals surface area (Å²) in [5.41, 5.74) is 0. The highest BCUT2D eigenvalue weighted by atomic mass is 16.6. The smallest absolute Gasteiger partial charge is 0.347 e. The van der Waals surface area contributed by atoms with Crippen LogP contribution >= 0.6 is 0 Å². The third-order valence-electron chi connectivity index (χ3n) is 3.95. The highest BCUT2D eigenvalue weighted by Gasteiger charge is 2.19. The average molecular weight is 319 g/mol. The van der Waals surface area contributed by atoms with Crippen molar-refractivity contribution in [2.75, 3.05) is 6.61 Å². The molecule has 1 aliphatic rings. The van der Waals surface area contributed by atoms with Crippen LogP contribution in [0.3, 0.4) is 0 Å². The Morgan fingerprint density at radius 3 is 2.43 bits per heavy atom. The van der Waals surface area contributed by atoms with E-state index in [9.17, 15) is 9.59 Å². The van der Waals surface area contributed by atoms with Crippen LogP contribution in [0.25, 0.3) is 0 Å². The number of nitrogens with one attached hydrogen (secondary N) is 1. The predicted molar refractivity (Wildman–Crippen MR) is 87.1 cm³/mol. The molecule has 1 amide bonds. The van der Waals surface area contributed by atoms with Gasteiger partial charge in [-0.15, -0.1) is 0 Å². The fourth-order valence-electron chi connectivity index (χ4n) is 2.70. The summed E-state index contributed by atoms with van der Waals surface area (Å²) in [4.78, 5) is 23.8. The average Bonchev–Trinajstić information content (AvgIpc) is 2.82. The molecule has 1 fully saturated rings. The van der Waals surface area contributed by atoms with Gasteiger partial charge in [-0.25, -0.2) is 4.79 Å². The zero-order valence-corrected chi connectivity index (χ0v) is 13.6. The topological polar surface area (TPSA) is 64.6 Å². The summed E-state index contributed by atoms with van der Waals surface area (Å²) >= 11 is 0. The Morgan fingerprint density at radius 1 is 1.13 bits per heavy atom. The molecule has 0 radical (unpaired) electrons. The van der Waals surface area contributed by atoms with Crippen LogP contribution in [0.4, 0.5) is 0 Å². The third-order valence-corrected chi connectivity index (χ3v) is 3.95. The first-order chi connectivity index (χ1) is 11.1. The molecular weight excluding hydrogens is 294 g/mol. The van der Waals surface area contributed by atoms with Gasteiger partial charge >= 0.3 is 5.97 Å². The van der Waals surface area contributed by atoms with Gasteiger partial charge in [-0.05, 0) is 31.9 Å². The Bertz CT molecular complexity index is 495. The van der Waals surface area contributed by atoms with E-state index in [0.717, 1.165) is 25.7 Å². The molecule has 0 bridgehead atoms. The number of hydrogen-bond acceptors (Lipinski definition) is 4. The van der Waals surface area contributed by atoms with E-state index in [-0.39, 0.29) is 18.6 Å². The molecule has 0 heterocycles. The molecule has 5 heteroatoms. The van der Waals surface area contributed by atoms with Gasteiger partial charge in [0.2, 0.25) is 0 Å². The fourth-order valence-corrected chi connectivity index (χ4v) is 2.70. The first-order valence-electron chi connectivity index (χ1n) is 8.33. The summed E-state index contributed by atoms with van der Waals surface area (Å²) < 4.78 is 10.5. The number of carbonyl (C=O) groups excluding carboxylic acids is 2. The summed E-state index contributed by atoms with van der Waals surface area (Å²) in [6.07, 6.45) is 6.02. The summed E-state index contributed by atoms with van der Waals surface area (Å²) in [5, 5.41) is 2.95. The largest absolute Gasteiger partial charge is 0.479 e. The fraction of sp³-hybridized carbons (Fsp3) is 0.556. The Balaban J connectivity index is 1.69. The lowest BCUT2D eigenvalue weighted by molar-refractivity contribution is -0.154. The molecular formula is C18H25NO4. The number of esters is 1. The van der Waals surface area contributed by atoms with Gasteiger partial charge in [0.15, 0.2) is 12.7 Å². The molecule has 2 rings (SSSR count). The number of benzene rings is 1. The Hall–Kier alpha value is -2.04. The molecule has 0 aliphatic heterocycles. The molecule has 1 atom stereocenters. The van der Waals surface area contributed by atoms with Crippen molar-refractivity contribution in [3.63, 3.8) is 0 Å². The monoisotopic (exact) mass is 319 g/mol. The van der Waals surface area contributed by atoms with E-state index in [1.807, 2.05) is 18.2 Å². The van der Waals surface area contributed by atoms with E-state index >= 15 is 0 Å². The van der Waals surface area contributed by atoms with E-state index in [4.69, 9.17) is 9.47 Å². The van der Waals surface area contributed by atoms with Crippen LogP contribution in [0, 0.1) is 0 Å². The summed E-state index contributed by atoms with van der Waals surface area (Å²) in [7, 11) is 0. The van der Waals surface area contributed by atoms with Crippen molar-refractivity contribution in [1.82, 2.24) is 5.32 Å². The van der Waals surface area contributed by atoms with Gasteiger partial charge in [0.1, 0.15) is 5.75 Å². The Kier molecular flexibility index (Phi) is 6.91. The molecule has 1 aliphatic carbocycles. The van der Waals surface area contributed by atoms with Gasteiger partial charge in [-0.1, -0.05) is 43.9 Å². The minimum absolute atomic E-state index is 0.210. The van der Waals surface area contributed by atoms with Crippen LogP contribution in [0.1, 0.15) is 45.4 Å². The van der Waals surface area contributed by atoms with Gasteiger partial charge in [0, 0.05) is 6.04 Å². The SMILES string of the molecule is C[C@H](Oc1ccccc1)C(=O)OCC(=O)NC1CCCCCC1. The first-order valence-corrected chi connectivity index (χ1v) is 8.33. The van der Waals surface area contributed by atoms with Crippen molar-refractivity contribution in [1.29, 1.82) is 0 Å². The van der Waals surface area contributed by atoms with Gasteiger partial charge in [0.05, 0.1) is 0 Å². The van der Waals surface area contributed by atoms with Crippen molar-refractivity contribution in [3.05, 3.63) is 30.3 Å². The second kappa shape index (κ2) is 9.18. The molecule has 0 spiro atoms. The van der Waals surface area contributed by atoms with Gasteiger partial charge in [0.25, 0.3) is 5.91 Å². The van der Waals surface area contributed by atoms with Crippen molar-refractivity contribution < 1.29 is 19.1 Å². The van der Waals surface area contributed by atoms with Crippen LogP contribution in [-0.4, -0.2) is 30.6 Å². The molecule has 1 saturated carbocycles. The number of hydrogen-bond donors (Lipinski definition) is 1. The maximum atomic E-state index is 11.9. The van der Waals surface area contributed by atoms with Crippen LogP contribution in [0.15, 0.2) is 30.3 Å². The lowest BCUT2D eigenvalue weighted by Crippen LogP contribution is -2.38. The van der Waals surface area contributed by atoms with E-state index in [0.29, 0.717) is 5.75 Å². The molecule has 126 valence electrons. The van der Waals surface area contributed by atoms with E-state index in [1.54, 1.807) is 19.1 Å². The highest BCUT2D eigenvalue weighted by Crippen LogP contribution is 2.17. The third kappa shape index (κ3) is 6.30. The van der Waals surface area contributed by atoms with Crippen molar-refractivity contribution in [2.24, 2.45) is 0 Å². The number of para-hydroxylation sites is 1. The number of ether oxygens (including phenoxy) is 2. The van der Waals surface area contributed by atoms with Crippen LogP contribution in [0.2, 0.25) is 0 Å². The number of amides is 1. The van der Waals surface area contributed by atoms with Crippen LogP contribution in [-0.2, 0) is 14.3 Å². The first kappa shape index (κ1) is 17.3. The van der Waals surface area contributed by atoms with Gasteiger partial charge in [-0.3, -0.25) is 4.79 Å². The molecule has 0 saturated heterocycles. The van der Waals surface area contributed by atoms with Crippen LogP contribution in [0.5, 0.6) is 5.75 Å². The molecule has 1 aromatic rings. The molecule has 0 aromatic heterocycles. The van der Waals surface area contributed by atoms with Crippen molar-refractivity contribution in [2.45, 2.75) is 57.6 Å². The van der Waals surface area contributed by atoms with E-state index < -0.39 is 12.1 Å². The second-order valence-corrected chi connectivity index (χ2v) is 5.94. The van der Waals surface area contributed by atoms with Gasteiger partial charge < -0.3 is 14.8 Å². The zero-order chi connectivity index (χ0) is 16.5. The maximum absolute atomic E-state index is 11.9. The van der Waals surface area contributed by atoms with Gasteiger partial charge in [-0.2, -0.15) is 0 Å². The van der Waals surface area contributed by atoms with Crippen LogP contribution < -0.4 is 10.1 Å². The molecule has 0 unspecified atom stereocenters. The summed E-state index contributed by atoms with van der Waals surface area (Å²) in [6, 6.07) is 9.27. The number of rotatable bonds is 6. The highest BCUT2D eigenvalue weighted by molar-refractivity contribution is 5.82. The molecule has 1 aromatic carbocycles. The zero-order valence-electron chi connectivity index (χ0n) is 13.6. The molecule has 23 heavy (non-hydrogen) atoms. The maximum Gasteiger partial charge on any atom is 0.347 e. The summed E-state index contributed by atoms with van der Waals surface area (Å²) in [5.74, 6) is -0.179. The lowest BCUT2D eigenvalue weighted by atomic mass is 10.1. The normalized spacial score (nSPS) is 16.9. The quantitative estimate of drug-likeness (QED) is 0.647. The van der Waals surface area contributed by atoms with E-state index in [2.05, 4.69) is 5.32 Å². The molecule has 5 nitrogen and oxygen atoms in total. The van der Waals surface area contributed by atoms with Crippen molar-refractivity contribution in [3.8, 4) is 5.75 Å².